The predicted molar refractivity (Wildman–Crippen MR) is 78.7 cm³/mol. The Labute approximate surface area is 126 Å². The number of nitriles is 1. The summed E-state index contributed by atoms with van der Waals surface area (Å²) in [4.78, 5) is 5.20. The highest BCUT2D eigenvalue weighted by molar-refractivity contribution is 6.42. The van der Waals surface area contributed by atoms with E-state index >= 15 is 0 Å². The second-order valence-electron chi connectivity index (χ2n) is 4.02. The number of rotatable bonds is 3. The molecule has 20 heavy (non-hydrogen) atoms. The zero-order chi connectivity index (χ0) is 14.5. The number of nitrogens with zero attached hydrogens (tertiary/aromatic N) is 3. The molecule has 0 radical (unpaired) electrons. The fraction of sp³-hybridized carbons (Fsp3) is 0.0714. The number of halogens is 2. The lowest BCUT2D eigenvalue weighted by Crippen LogP contribution is -2.25. The molecular formula is C14H10Cl2N4. The Morgan fingerprint density at radius 3 is 2.70 bits per heavy atom. The molecule has 1 aromatic heterocycles. The molecule has 2 aromatic rings. The average Bonchev–Trinajstić information content (AvgIpc) is 2.48. The van der Waals surface area contributed by atoms with Crippen LogP contribution in [-0.2, 0) is 6.54 Å². The summed E-state index contributed by atoms with van der Waals surface area (Å²) in [7, 11) is 0. The van der Waals surface area contributed by atoms with Crippen LogP contribution in [-0.4, -0.2) is 15.7 Å². The third-order valence-electron chi connectivity index (χ3n) is 2.65. The van der Waals surface area contributed by atoms with Crippen LogP contribution < -0.4 is 0 Å². The van der Waals surface area contributed by atoms with E-state index in [1.807, 2.05) is 6.19 Å². The van der Waals surface area contributed by atoms with E-state index in [-0.39, 0.29) is 12.4 Å². The highest BCUT2D eigenvalue weighted by Crippen LogP contribution is 2.23. The normalized spacial score (nSPS) is 9.85. The minimum Gasteiger partial charge on any atom is -0.283 e. The summed E-state index contributed by atoms with van der Waals surface area (Å²) in [6.45, 7) is 0.251. The molecule has 0 aliphatic heterocycles. The van der Waals surface area contributed by atoms with Gasteiger partial charge in [0.15, 0.2) is 6.19 Å². The fourth-order valence-electron chi connectivity index (χ4n) is 1.64. The lowest BCUT2D eigenvalue weighted by Gasteiger charge is -2.16. The standard InChI is InChI=1S/C14H10Cl2N4/c15-12-4-3-10(6-13(12)16)8-20(9-17)14(18)11-2-1-5-19-7-11/h1-7,18H,8H2. The number of amidine groups is 1. The molecule has 6 heteroatoms. The van der Waals surface area contributed by atoms with Crippen molar-refractivity contribution in [3.05, 3.63) is 63.9 Å². The quantitative estimate of drug-likeness (QED) is 0.407. The van der Waals surface area contributed by atoms with E-state index in [1.165, 1.54) is 4.90 Å². The van der Waals surface area contributed by atoms with Crippen molar-refractivity contribution in [1.82, 2.24) is 9.88 Å². The number of pyridine rings is 1. The maximum atomic E-state index is 9.20. The second-order valence-corrected chi connectivity index (χ2v) is 4.84. The van der Waals surface area contributed by atoms with Gasteiger partial charge in [-0.2, -0.15) is 5.26 Å². The summed E-state index contributed by atoms with van der Waals surface area (Å²) >= 11 is 11.8. The molecule has 0 saturated heterocycles. The number of aromatic nitrogens is 1. The van der Waals surface area contributed by atoms with Crippen molar-refractivity contribution in [2.75, 3.05) is 0 Å². The molecule has 4 nitrogen and oxygen atoms in total. The maximum Gasteiger partial charge on any atom is 0.185 e. The van der Waals surface area contributed by atoms with Gasteiger partial charge in [0.25, 0.3) is 0 Å². The van der Waals surface area contributed by atoms with E-state index in [9.17, 15) is 5.26 Å². The van der Waals surface area contributed by atoms with Gasteiger partial charge in [0, 0.05) is 18.0 Å². The van der Waals surface area contributed by atoms with Crippen LogP contribution in [0.15, 0.2) is 42.7 Å². The van der Waals surface area contributed by atoms with Gasteiger partial charge in [-0.15, -0.1) is 0 Å². The molecule has 0 saturated carbocycles. The number of hydrogen-bond acceptors (Lipinski definition) is 3. The van der Waals surface area contributed by atoms with E-state index < -0.39 is 0 Å². The average molecular weight is 305 g/mol. The summed E-state index contributed by atoms with van der Waals surface area (Å²) in [6.07, 6.45) is 5.15. The zero-order valence-electron chi connectivity index (χ0n) is 10.3. The topological polar surface area (TPSA) is 63.8 Å². The molecule has 0 spiro atoms. The second kappa shape index (κ2) is 6.38. The molecule has 0 amide bonds. The van der Waals surface area contributed by atoms with E-state index in [2.05, 4.69) is 4.98 Å². The molecular weight excluding hydrogens is 295 g/mol. The van der Waals surface area contributed by atoms with Gasteiger partial charge in [-0.25, -0.2) is 0 Å². The number of hydrogen-bond donors (Lipinski definition) is 1. The van der Waals surface area contributed by atoms with Crippen LogP contribution in [0.2, 0.25) is 10.0 Å². The van der Waals surface area contributed by atoms with Crippen molar-refractivity contribution in [2.24, 2.45) is 0 Å². The minimum atomic E-state index is 0.0895. The summed E-state index contributed by atoms with van der Waals surface area (Å²) in [5.41, 5.74) is 1.38. The highest BCUT2D eigenvalue weighted by atomic mass is 35.5. The van der Waals surface area contributed by atoms with Crippen molar-refractivity contribution >= 4 is 29.0 Å². The molecule has 2 rings (SSSR count). The molecule has 0 unspecified atom stereocenters. The van der Waals surface area contributed by atoms with Gasteiger partial charge >= 0.3 is 0 Å². The molecule has 0 aliphatic carbocycles. The molecule has 1 aromatic carbocycles. The van der Waals surface area contributed by atoms with Gasteiger partial charge in [-0.05, 0) is 29.8 Å². The third-order valence-corrected chi connectivity index (χ3v) is 3.39. The Morgan fingerprint density at radius 1 is 1.30 bits per heavy atom. The molecule has 100 valence electrons. The number of benzene rings is 1. The zero-order valence-corrected chi connectivity index (χ0v) is 11.9. The van der Waals surface area contributed by atoms with Crippen molar-refractivity contribution in [1.29, 1.82) is 10.7 Å². The van der Waals surface area contributed by atoms with Gasteiger partial charge in [-0.1, -0.05) is 29.3 Å². The minimum absolute atomic E-state index is 0.0895. The van der Waals surface area contributed by atoms with E-state index in [0.29, 0.717) is 15.6 Å². The van der Waals surface area contributed by atoms with E-state index in [1.54, 1.807) is 42.7 Å². The third kappa shape index (κ3) is 3.27. The Hall–Kier alpha value is -2.09. The Kier molecular flexibility index (Phi) is 4.57. The van der Waals surface area contributed by atoms with Gasteiger partial charge in [0.1, 0.15) is 5.84 Å². The van der Waals surface area contributed by atoms with Crippen LogP contribution in [0.4, 0.5) is 0 Å². The van der Waals surface area contributed by atoms with Crippen molar-refractivity contribution in [3.8, 4) is 6.19 Å². The van der Waals surface area contributed by atoms with E-state index in [0.717, 1.165) is 5.56 Å². The van der Waals surface area contributed by atoms with Crippen molar-refractivity contribution in [2.45, 2.75) is 6.54 Å². The molecule has 1 heterocycles. The van der Waals surface area contributed by atoms with Gasteiger partial charge in [0.2, 0.25) is 0 Å². The first kappa shape index (κ1) is 14.3. The van der Waals surface area contributed by atoms with Crippen LogP contribution in [0, 0.1) is 16.9 Å². The Bertz CT molecular complexity index is 665. The Balaban J connectivity index is 2.19. The molecule has 1 N–H and O–H groups in total. The van der Waals surface area contributed by atoms with Crippen LogP contribution >= 0.6 is 23.2 Å². The predicted octanol–water partition coefficient (Wildman–Crippen LogP) is 3.70. The van der Waals surface area contributed by atoms with E-state index in [4.69, 9.17) is 28.6 Å². The van der Waals surface area contributed by atoms with Gasteiger partial charge < -0.3 is 0 Å². The SMILES string of the molecule is N#CN(Cc1ccc(Cl)c(Cl)c1)C(=N)c1cccnc1. The maximum absolute atomic E-state index is 9.20. The first-order valence-corrected chi connectivity index (χ1v) is 6.47. The fourth-order valence-corrected chi connectivity index (χ4v) is 1.96. The largest absolute Gasteiger partial charge is 0.283 e. The molecule has 0 bridgehead atoms. The summed E-state index contributed by atoms with van der Waals surface area (Å²) in [6, 6.07) is 8.58. The van der Waals surface area contributed by atoms with Crippen LogP contribution in [0.5, 0.6) is 0 Å². The summed E-state index contributed by atoms with van der Waals surface area (Å²) in [5, 5.41) is 18.1. The lowest BCUT2D eigenvalue weighted by atomic mass is 10.2. The van der Waals surface area contributed by atoms with Gasteiger partial charge in [-0.3, -0.25) is 15.3 Å². The molecule has 0 fully saturated rings. The van der Waals surface area contributed by atoms with Crippen molar-refractivity contribution in [3.63, 3.8) is 0 Å². The number of nitrogens with one attached hydrogen (secondary N) is 1. The van der Waals surface area contributed by atoms with Crippen LogP contribution in [0.25, 0.3) is 0 Å². The smallest absolute Gasteiger partial charge is 0.185 e. The molecule has 0 atom stereocenters. The van der Waals surface area contributed by atoms with Crippen molar-refractivity contribution < 1.29 is 0 Å². The Morgan fingerprint density at radius 2 is 2.10 bits per heavy atom. The first-order chi connectivity index (χ1) is 9.61. The first-order valence-electron chi connectivity index (χ1n) is 5.72. The monoisotopic (exact) mass is 304 g/mol. The lowest BCUT2D eigenvalue weighted by molar-refractivity contribution is 0.568. The van der Waals surface area contributed by atoms with Gasteiger partial charge in [0.05, 0.1) is 16.6 Å². The highest BCUT2D eigenvalue weighted by Gasteiger charge is 2.12. The molecule has 0 aliphatic rings. The summed E-state index contributed by atoms with van der Waals surface area (Å²) < 4.78 is 0. The summed E-state index contributed by atoms with van der Waals surface area (Å²) in [5.74, 6) is 0.0895. The van der Waals surface area contributed by atoms with Crippen LogP contribution in [0.3, 0.4) is 0 Å². The van der Waals surface area contributed by atoms with Crippen LogP contribution in [0.1, 0.15) is 11.1 Å².